The fourth-order valence-electron chi connectivity index (χ4n) is 3.34. The molecule has 3 aromatic rings. The largest absolute Gasteiger partial charge is 0.361 e. The number of amides is 1. The van der Waals surface area contributed by atoms with Crippen LogP contribution < -0.4 is 5.32 Å². The van der Waals surface area contributed by atoms with Gasteiger partial charge < -0.3 is 14.4 Å². The molecule has 1 N–H and O–H groups in total. The van der Waals surface area contributed by atoms with Crippen LogP contribution in [0.4, 0.5) is 0 Å². The van der Waals surface area contributed by atoms with Crippen molar-refractivity contribution in [3.05, 3.63) is 53.0 Å². The monoisotopic (exact) mass is 351 g/mol. The Kier molecular flexibility index (Phi) is 4.11. The second kappa shape index (κ2) is 6.44. The lowest BCUT2D eigenvalue weighted by molar-refractivity contribution is 0.0950. The van der Waals surface area contributed by atoms with E-state index in [4.69, 9.17) is 4.52 Å². The molecule has 1 amide bonds. The molecule has 0 fully saturated rings. The van der Waals surface area contributed by atoms with Crippen molar-refractivity contribution in [1.29, 1.82) is 0 Å². The van der Waals surface area contributed by atoms with Crippen LogP contribution >= 0.6 is 0 Å². The van der Waals surface area contributed by atoms with Crippen LogP contribution in [-0.2, 0) is 13.0 Å². The smallest absolute Gasteiger partial charge is 0.267 e. The highest BCUT2D eigenvalue weighted by Gasteiger charge is 2.19. The number of carbonyl (C=O) groups is 2. The van der Waals surface area contributed by atoms with Crippen molar-refractivity contribution in [1.82, 2.24) is 15.0 Å². The Balaban J connectivity index is 1.65. The van der Waals surface area contributed by atoms with E-state index in [9.17, 15) is 9.59 Å². The van der Waals surface area contributed by atoms with Gasteiger partial charge in [0.2, 0.25) is 0 Å². The second-order valence-electron chi connectivity index (χ2n) is 7.04. The normalized spacial score (nSPS) is 14.3. The molecule has 0 saturated carbocycles. The molecule has 0 bridgehead atoms. The highest BCUT2D eigenvalue weighted by molar-refractivity contribution is 6.03. The van der Waals surface area contributed by atoms with Gasteiger partial charge in [-0.15, -0.1) is 0 Å². The summed E-state index contributed by atoms with van der Waals surface area (Å²) in [6.07, 6.45) is 1.08. The molecule has 0 unspecified atom stereocenters. The number of rotatable bonds is 4. The van der Waals surface area contributed by atoms with E-state index in [0.717, 1.165) is 29.6 Å². The summed E-state index contributed by atoms with van der Waals surface area (Å²) < 4.78 is 7.27. The number of nitrogens with zero attached hydrogens (tertiary/aromatic N) is 2. The number of hydrogen-bond acceptors (Lipinski definition) is 4. The molecule has 0 aliphatic carbocycles. The lowest BCUT2D eigenvalue weighted by Gasteiger charge is -2.06. The zero-order valence-electron chi connectivity index (χ0n) is 14.9. The predicted octanol–water partition coefficient (Wildman–Crippen LogP) is 3.31. The van der Waals surface area contributed by atoms with E-state index in [1.54, 1.807) is 0 Å². The molecule has 26 heavy (non-hydrogen) atoms. The first kappa shape index (κ1) is 16.6. The number of hydrogen-bond donors (Lipinski definition) is 1. The molecule has 3 heterocycles. The molecule has 6 nitrogen and oxygen atoms in total. The SMILES string of the molecule is CC(C)c1cc(CC(=O)c2ccc3cc4n(c3c2)CCCNC4=O)no1. The van der Waals surface area contributed by atoms with Gasteiger partial charge in [0.15, 0.2) is 5.78 Å². The summed E-state index contributed by atoms with van der Waals surface area (Å²) in [4.78, 5) is 24.9. The fraction of sp³-hybridized carbons (Fsp3) is 0.350. The Bertz CT molecular complexity index is 997. The maximum Gasteiger partial charge on any atom is 0.267 e. The number of carbonyl (C=O) groups excluding carboxylic acids is 2. The average molecular weight is 351 g/mol. The third-order valence-corrected chi connectivity index (χ3v) is 4.79. The first-order chi connectivity index (χ1) is 12.5. The zero-order valence-corrected chi connectivity index (χ0v) is 14.9. The topological polar surface area (TPSA) is 77.1 Å². The van der Waals surface area contributed by atoms with Crippen LogP contribution in [0.3, 0.4) is 0 Å². The average Bonchev–Trinajstić information content (AvgIpc) is 3.18. The number of aromatic nitrogens is 2. The number of nitrogens with one attached hydrogen (secondary N) is 1. The van der Waals surface area contributed by atoms with Gasteiger partial charge in [-0.05, 0) is 18.6 Å². The van der Waals surface area contributed by atoms with Gasteiger partial charge in [-0.3, -0.25) is 9.59 Å². The third-order valence-electron chi connectivity index (χ3n) is 4.79. The van der Waals surface area contributed by atoms with E-state index in [2.05, 4.69) is 10.5 Å². The molecule has 6 heteroatoms. The maximum absolute atomic E-state index is 12.7. The molecule has 0 saturated heterocycles. The van der Waals surface area contributed by atoms with Gasteiger partial charge in [-0.2, -0.15) is 0 Å². The van der Waals surface area contributed by atoms with E-state index < -0.39 is 0 Å². The van der Waals surface area contributed by atoms with Crippen molar-refractivity contribution in [2.45, 2.75) is 39.2 Å². The minimum Gasteiger partial charge on any atom is -0.361 e. The Morgan fingerprint density at radius 2 is 2.15 bits per heavy atom. The van der Waals surface area contributed by atoms with Crippen molar-refractivity contribution < 1.29 is 14.1 Å². The lowest BCUT2D eigenvalue weighted by atomic mass is 10.0. The van der Waals surface area contributed by atoms with Crippen LogP contribution in [0.25, 0.3) is 10.9 Å². The maximum atomic E-state index is 12.7. The van der Waals surface area contributed by atoms with Gasteiger partial charge >= 0.3 is 0 Å². The summed E-state index contributed by atoms with van der Waals surface area (Å²) in [5, 5.41) is 7.86. The molecule has 1 aromatic carbocycles. The van der Waals surface area contributed by atoms with Crippen LogP contribution in [0.2, 0.25) is 0 Å². The van der Waals surface area contributed by atoms with Gasteiger partial charge in [0.05, 0.1) is 12.1 Å². The van der Waals surface area contributed by atoms with Gasteiger partial charge in [0.25, 0.3) is 5.91 Å². The van der Waals surface area contributed by atoms with Gasteiger partial charge in [-0.25, -0.2) is 0 Å². The van der Waals surface area contributed by atoms with E-state index in [1.807, 2.05) is 48.7 Å². The number of ketones is 1. The lowest BCUT2D eigenvalue weighted by Crippen LogP contribution is -2.22. The summed E-state index contributed by atoms with van der Waals surface area (Å²) in [5.41, 5.74) is 2.84. The zero-order chi connectivity index (χ0) is 18.3. The summed E-state index contributed by atoms with van der Waals surface area (Å²) in [6, 6.07) is 9.32. The summed E-state index contributed by atoms with van der Waals surface area (Å²) in [6.45, 7) is 5.48. The van der Waals surface area contributed by atoms with E-state index >= 15 is 0 Å². The Labute approximate surface area is 151 Å². The van der Waals surface area contributed by atoms with Gasteiger partial charge in [0.1, 0.15) is 11.5 Å². The first-order valence-corrected chi connectivity index (χ1v) is 8.93. The Morgan fingerprint density at radius 3 is 2.92 bits per heavy atom. The summed E-state index contributed by atoms with van der Waals surface area (Å²) in [7, 11) is 0. The second-order valence-corrected chi connectivity index (χ2v) is 7.04. The Hall–Kier alpha value is -2.89. The summed E-state index contributed by atoms with van der Waals surface area (Å²) in [5.74, 6) is 0.954. The quantitative estimate of drug-likeness (QED) is 0.732. The van der Waals surface area contributed by atoms with Crippen molar-refractivity contribution in [3.63, 3.8) is 0 Å². The number of fused-ring (bicyclic) bond motifs is 3. The first-order valence-electron chi connectivity index (χ1n) is 8.93. The minimum atomic E-state index is -0.0598. The molecule has 134 valence electrons. The molecule has 0 radical (unpaired) electrons. The molecular formula is C20H21N3O3. The summed E-state index contributed by atoms with van der Waals surface area (Å²) >= 11 is 0. The van der Waals surface area contributed by atoms with Crippen LogP contribution in [0.5, 0.6) is 0 Å². The minimum absolute atomic E-state index is 0.0101. The highest BCUT2D eigenvalue weighted by Crippen LogP contribution is 2.24. The molecule has 1 aliphatic rings. The molecular weight excluding hydrogens is 330 g/mol. The Morgan fingerprint density at radius 1 is 1.31 bits per heavy atom. The molecule has 1 aliphatic heterocycles. The van der Waals surface area contributed by atoms with Crippen molar-refractivity contribution in [2.75, 3.05) is 6.54 Å². The van der Waals surface area contributed by atoms with Crippen molar-refractivity contribution in [3.8, 4) is 0 Å². The third kappa shape index (κ3) is 2.92. The van der Waals surface area contributed by atoms with E-state index in [1.165, 1.54) is 0 Å². The van der Waals surface area contributed by atoms with Crippen LogP contribution in [0.15, 0.2) is 34.9 Å². The number of aryl methyl sites for hydroxylation is 1. The van der Waals surface area contributed by atoms with Crippen LogP contribution in [0.1, 0.15) is 58.5 Å². The molecule has 2 aromatic heterocycles. The van der Waals surface area contributed by atoms with Gasteiger partial charge in [-0.1, -0.05) is 31.1 Å². The predicted molar refractivity (Wildman–Crippen MR) is 97.5 cm³/mol. The van der Waals surface area contributed by atoms with E-state index in [0.29, 0.717) is 23.5 Å². The van der Waals surface area contributed by atoms with Crippen molar-refractivity contribution in [2.24, 2.45) is 0 Å². The van der Waals surface area contributed by atoms with E-state index in [-0.39, 0.29) is 24.0 Å². The molecule has 0 atom stereocenters. The molecule has 4 rings (SSSR count). The van der Waals surface area contributed by atoms with Crippen molar-refractivity contribution >= 4 is 22.6 Å². The van der Waals surface area contributed by atoms with Crippen LogP contribution in [0, 0.1) is 0 Å². The number of Topliss-reactive ketones (excluding diaryl/α,β-unsaturated/α-hetero) is 1. The van der Waals surface area contributed by atoms with Crippen LogP contribution in [-0.4, -0.2) is 28.0 Å². The highest BCUT2D eigenvalue weighted by atomic mass is 16.5. The molecule has 0 spiro atoms. The standard InChI is InChI=1S/C20H21N3O3/c1-12(2)19-11-15(22-26-19)10-18(24)14-5-4-13-8-17-20(25)21-6-3-7-23(17)16(13)9-14/h4-5,8-9,11-12H,3,6-7,10H2,1-2H3,(H,21,25). The number of benzene rings is 1. The van der Waals surface area contributed by atoms with Gasteiger partial charge in [0, 0.05) is 41.5 Å². The fourth-order valence-corrected chi connectivity index (χ4v) is 3.34.